The van der Waals surface area contributed by atoms with E-state index in [4.69, 9.17) is 0 Å². The second-order valence-corrected chi connectivity index (χ2v) is 16.5. The second-order valence-electron chi connectivity index (χ2n) is 16.5. The highest BCUT2D eigenvalue weighted by Gasteiger charge is 2.72. The van der Waals surface area contributed by atoms with Crippen LogP contribution in [0.3, 0.4) is 0 Å². The van der Waals surface area contributed by atoms with Crippen molar-refractivity contribution in [2.45, 2.75) is 87.0 Å². The van der Waals surface area contributed by atoms with Crippen molar-refractivity contribution in [1.82, 2.24) is 9.80 Å². The number of piperidine rings is 2. The SMILES string of the molecule is CC=C1CN2[C@H](C3=C[C@@H]4[C@@H]5C[C@H]6N(CC[C@]67c6ccccc6N(C3=O)[C@H]47)CC5=CC)C[C@@]34c5ccccc5N5C(=O)CC=C([C@@H]1C[C@@H]23)[C@@H]54. The first-order valence-electron chi connectivity index (χ1n) is 18.6. The number of hydrogen-bond donors (Lipinski definition) is 0. The number of fused-ring (bicyclic) bond motifs is 8. The third-order valence-corrected chi connectivity index (χ3v) is 15.5. The Kier molecular flexibility index (Phi) is 4.91. The van der Waals surface area contributed by atoms with E-state index in [-0.39, 0.29) is 40.8 Å². The summed E-state index contributed by atoms with van der Waals surface area (Å²) in [5, 5.41) is 0. The van der Waals surface area contributed by atoms with Crippen molar-refractivity contribution in [2.75, 3.05) is 29.4 Å². The molecule has 0 radical (unpaired) electrons. The number of carbonyl (C=O) groups excluding carboxylic acids is 2. The molecule has 10 aliphatic rings. The summed E-state index contributed by atoms with van der Waals surface area (Å²) in [4.78, 5) is 39.3. The number of benzene rings is 2. The van der Waals surface area contributed by atoms with Gasteiger partial charge in [-0.05, 0) is 80.8 Å². The summed E-state index contributed by atoms with van der Waals surface area (Å²) in [7, 11) is 0. The van der Waals surface area contributed by atoms with Gasteiger partial charge in [0.1, 0.15) is 0 Å². The summed E-state index contributed by atoms with van der Waals surface area (Å²) >= 11 is 0. The molecule has 0 N–H and O–H groups in total. The molecular formula is C42H42N4O2. The molecule has 12 rings (SSSR count). The van der Waals surface area contributed by atoms with Crippen LogP contribution in [0.4, 0.5) is 11.4 Å². The largest absolute Gasteiger partial charge is 0.304 e. The maximum absolute atomic E-state index is 15.5. The maximum Gasteiger partial charge on any atom is 0.255 e. The standard InChI is InChI=1S/C42H42N4O2/c1-3-23-21-43-16-15-41-30-9-5-8-12-33(30)46-39(41)28(27(23)18-35(41)43)17-29(40(46)48)34-20-42-31-10-6-7-11-32(31)45-37(47)14-13-25(38(42)45)26-19-36(42)44(34)22-24(26)4-2/h3-13,17,26-28,34-36,38-39H,14-16,18-22H2,1-2H3/t26-,27-,28-,34+,35-,36-,38-,39-,41+,42-/m1/s1. The Morgan fingerprint density at radius 2 is 1.58 bits per heavy atom. The molecular weight excluding hydrogens is 592 g/mol. The summed E-state index contributed by atoms with van der Waals surface area (Å²) in [6, 6.07) is 18.8. The van der Waals surface area contributed by atoms with E-state index in [0.29, 0.717) is 36.3 Å². The fourth-order valence-electron chi connectivity index (χ4n) is 14.0. The Morgan fingerprint density at radius 3 is 2.38 bits per heavy atom. The van der Waals surface area contributed by atoms with Gasteiger partial charge in [0.25, 0.3) is 5.91 Å². The molecule has 6 fully saturated rings. The van der Waals surface area contributed by atoms with Crippen molar-refractivity contribution < 1.29 is 9.59 Å². The van der Waals surface area contributed by atoms with Crippen LogP contribution in [0, 0.1) is 17.8 Å². The predicted octanol–water partition coefficient (Wildman–Crippen LogP) is 5.66. The van der Waals surface area contributed by atoms with Gasteiger partial charge in [-0.15, -0.1) is 0 Å². The van der Waals surface area contributed by atoms with Crippen molar-refractivity contribution in [3.63, 3.8) is 0 Å². The van der Waals surface area contributed by atoms with Gasteiger partial charge in [-0.2, -0.15) is 0 Å². The van der Waals surface area contributed by atoms with E-state index in [2.05, 4.69) is 106 Å². The lowest BCUT2D eigenvalue weighted by atomic mass is 9.54. The lowest BCUT2D eigenvalue weighted by Crippen LogP contribution is -2.66. The van der Waals surface area contributed by atoms with Gasteiger partial charge in [0.2, 0.25) is 5.91 Å². The Hall–Kier alpha value is -3.74. The van der Waals surface area contributed by atoms with Crippen LogP contribution in [0.25, 0.3) is 0 Å². The fourth-order valence-corrected chi connectivity index (χ4v) is 14.0. The first-order valence-corrected chi connectivity index (χ1v) is 18.6. The Labute approximate surface area is 282 Å². The van der Waals surface area contributed by atoms with Crippen molar-refractivity contribution in [3.05, 3.63) is 106 Å². The Balaban J connectivity index is 1.07. The molecule has 0 unspecified atom stereocenters. The van der Waals surface area contributed by atoms with Crippen LogP contribution in [-0.2, 0) is 20.4 Å². The first-order chi connectivity index (χ1) is 23.5. The van der Waals surface area contributed by atoms with Crippen molar-refractivity contribution in [1.29, 1.82) is 0 Å². The fraction of sp³-hybridized carbons (Fsp3) is 0.476. The van der Waals surface area contributed by atoms with Gasteiger partial charge in [-0.25, -0.2) is 0 Å². The molecule has 2 spiro atoms. The predicted molar refractivity (Wildman–Crippen MR) is 186 cm³/mol. The molecule has 2 aromatic rings. The van der Waals surface area contributed by atoms with E-state index in [9.17, 15) is 4.79 Å². The molecule has 2 aliphatic carbocycles. The third kappa shape index (κ3) is 2.73. The number of anilines is 2. The molecule has 8 heterocycles. The van der Waals surface area contributed by atoms with E-state index < -0.39 is 0 Å². The minimum absolute atomic E-state index is 0.0145. The van der Waals surface area contributed by atoms with E-state index in [1.165, 1.54) is 34.4 Å². The van der Waals surface area contributed by atoms with Crippen LogP contribution in [0.15, 0.2) is 95.1 Å². The van der Waals surface area contributed by atoms with Gasteiger partial charge in [0.05, 0.1) is 12.1 Å². The number of carbonyl (C=O) groups is 2. The van der Waals surface area contributed by atoms with Crippen molar-refractivity contribution in [2.24, 2.45) is 17.8 Å². The maximum atomic E-state index is 15.5. The zero-order chi connectivity index (χ0) is 31.8. The lowest BCUT2D eigenvalue weighted by Gasteiger charge is -2.57. The van der Waals surface area contributed by atoms with Gasteiger partial charge >= 0.3 is 0 Å². The van der Waals surface area contributed by atoms with E-state index >= 15 is 4.79 Å². The van der Waals surface area contributed by atoms with Gasteiger partial charge in [0, 0.05) is 77.2 Å². The quantitative estimate of drug-likeness (QED) is 0.381. The number of allylic oxidation sites excluding steroid dienone is 2. The summed E-state index contributed by atoms with van der Waals surface area (Å²) in [6.45, 7) is 7.51. The highest BCUT2D eigenvalue weighted by molar-refractivity contribution is 6.10. The summed E-state index contributed by atoms with van der Waals surface area (Å²) in [6.07, 6.45) is 14.3. The van der Waals surface area contributed by atoms with E-state index in [0.717, 1.165) is 50.2 Å². The normalized spacial score (nSPS) is 44.1. The molecule has 2 saturated carbocycles. The summed E-state index contributed by atoms with van der Waals surface area (Å²) < 4.78 is 0. The minimum Gasteiger partial charge on any atom is -0.304 e. The summed E-state index contributed by atoms with van der Waals surface area (Å²) in [5.41, 5.74) is 10.4. The minimum atomic E-state index is -0.204. The van der Waals surface area contributed by atoms with Crippen LogP contribution >= 0.6 is 0 Å². The number of amides is 2. The summed E-state index contributed by atoms with van der Waals surface area (Å²) in [5.74, 6) is 1.62. The van der Waals surface area contributed by atoms with Crippen molar-refractivity contribution >= 4 is 23.2 Å². The van der Waals surface area contributed by atoms with Crippen LogP contribution < -0.4 is 9.80 Å². The van der Waals surface area contributed by atoms with E-state index in [1.807, 2.05) is 0 Å². The highest BCUT2D eigenvalue weighted by atomic mass is 16.2. The molecule has 10 atom stereocenters. The van der Waals surface area contributed by atoms with Crippen LogP contribution in [-0.4, -0.2) is 71.5 Å². The molecule has 2 aromatic carbocycles. The zero-order valence-electron chi connectivity index (χ0n) is 27.8. The molecule has 8 aliphatic heterocycles. The number of nitrogens with zero attached hydrogens (tertiary/aromatic N) is 4. The molecule has 6 heteroatoms. The molecule has 6 nitrogen and oxygen atoms in total. The molecule has 2 amide bonds. The monoisotopic (exact) mass is 634 g/mol. The smallest absolute Gasteiger partial charge is 0.255 e. The Bertz CT molecular complexity index is 2020. The average Bonchev–Trinajstić information content (AvgIpc) is 3.85. The molecule has 4 saturated heterocycles. The number of hydrogen-bond acceptors (Lipinski definition) is 4. The molecule has 48 heavy (non-hydrogen) atoms. The lowest BCUT2D eigenvalue weighted by molar-refractivity contribution is -0.119. The molecule has 4 bridgehead atoms. The van der Waals surface area contributed by atoms with Crippen molar-refractivity contribution in [3.8, 4) is 0 Å². The average molecular weight is 635 g/mol. The van der Waals surface area contributed by atoms with Crippen LogP contribution in [0.2, 0.25) is 0 Å². The topological polar surface area (TPSA) is 47.1 Å². The number of rotatable bonds is 1. The van der Waals surface area contributed by atoms with Gasteiger partial charge in [0.15, 0.2) is 0 Å². The second kappa shape index (κ2) is 8.70. The van der Waals surface area contributed by atoms with Gasteiger partial charge in [-0.1, -0.05) is 71.8 Å². The van der Waals surface area contributed by atoms with Gasteiger partial charge < -0.3 is 9.80 Å². The number of para-hydroxylation sites is 2. The van der Waals surface area contributed by atoms with Crippen LogP contribution in [0.5, 0.6) is 0 Å². The van der Waals surface area contributed by atoms with E-state index in [1.54, 1.807) is 5.57 Å². The Morgan fingerprint density at radius 1 is 0.833 bits per heavy atom. The molecule has 0 aromatic heterocycles. The highest BCUT2D eigenvalue weighted by Crippen LogP contribution is 2.68. The first kappa shape index (κ1) is 27.1. The van der Waals surface area contributed by atoms with Gasteiger partial charge in [-0.3, -0.25) is 19.4 Å². The molecule has 242 valence electrons. The zero-order valence-corrected chi connectivity index (χ0v) is 27.8. The van der Waals surface area contributed by atoms with Crippen LogP contribution in [0.1, 0.15) is 57.1 Å². The third-order valence-electron chi connectivity index (χ3n) is 15.5.